The molecule has 1 aliphatic heterocycles. The SMILES string of the molecule is CCCCCCCCCCCCC/C=C/[C@H](O)[C@@H](CO[C@@H]1OC(CO)[C@H](O)C(CC(=O)O)[C@@H]1O)NC(=O)CCCCCCCCCCCCCCCCC. The van der Waals surface area contributed by atoms with Gasteiger partial charge >= 0.3 is 5.97 Å². The third-order valence-electron chi connectivity index (χ3n) is 10.9. The summed E-state index contributed by atoms with van der Waals surface area (Å²) in [6.07, 6.45) is 30.3. The van der Waals surface area contributed by atoms with Crippen molar-refractivity contribution in [2.75, 3.05) is 13.2 Å². The van der Waals surface area contributed by atoms with E-state index in [1.807, 2.05) is 6.08 Å². The quantitative estimate of drug-likeness (QED) is 0.0267. The summed E-state index contributed by atoms with van der Waals surface area (Å²) in [5, 5.41) is 54.3. The van der Waals surface area contributed by atoms with Gasteiger partial charge in [0.25, 0.3) is 0 Å². The van der Waals surface area contributed by atoms with Gasteiger partial charge in [0, 0.05) is 12.3 Å². The van der Waals surface area contributed by atoms with E-state index in [0.29, 0.717) is 6.42 Å². The molecule has 6 N–H and O–H groups in total. The molecule has 1 fully saturated rings. The third-order valence-corrected chi connectivity index (χ3v) is 10.9. The summed E-state index contributed by atoms with van der Waals surface area (Å²) >= 11 is 0. The summed E-state index contributed by atoms with van der Waals surface area (Å²) < 4.78 is 11.4. The lowest BCUT2D eigenvalue weighted by atomic mass is 9.86. The zero-order chi connectivity index (χ0) is 39.7. The van der Waals surface area contributed by atoms with Crippen LogP contribution in [0.15, 0.2) is 12.2 Å². The monoisotopic (exact) mass is 770 g/mol. The molecule has 0 spiro atoms. The van der Waals surface area contributed by atoms with Gasteiger partial charge in [-0.3, -0.25) is 9.59 Å². The van der Waals surface area contributed by atoms with E-state index in [2.05, 4.69) is 19.2 Å². The van der Waals surface area contributed by atoms with Crippen molar-refractivity contribution < 1.29 is 44.6 Å². The highest BCUT2D eigenvalue weighted by Gasteiger charge is 2.46. The first-order valence-corrected chi connectivity index (χ1v) is 22.3. The second-order valence-corrected chi connectivity index (χ2v) is 15.9. The minimum absolute atomic E-state index is 0.200. The van der Waals surface area contributed by atoms with Crippen LogP contribution in [0.4, 0.5) is 0 Å². The fourth-order valence-corrected chi connectivity index (χ4v) is 7.40. The van der Waals surface area contributed by atoms with Crippen molar-refractivity contribution in [3.05, 3.63) is 12.2 Å². The number of aliphatic carboxylic acids is 1. The van der Waals surface area contributed by atoms with Crippen LogP contribution in [-0.2, 0) is 19.1 Å². The standard InChI is InChI=1S/C44H83NO9/c1-3-5-7-9-11-13-15-17-18-20-22-24-26-28-30-32-40(48)45-37(35-53-44-43(52)36(33-41(49)50)42(51)39(34-46)54-44)38(47)31-29-27-25-23-21-19-16-14-12-10-8-6-4-2/h29,31,36-39,42-44,46-47,51-52H,3-28,30,32-35H2,1-2H3,(H,45,48)(H,49,50)/b31-29+/t36?,37-,38+,39?,42-,43+,44-/m1/s1. The van der Waals surface area contributed by atoms with E-state index in [1.165, 1.54) is 135 Å². The van der Waals surface area contributed by atoms with Gasteiger partial charge < -0.3 is 40.3 Å². The Morgan fingerprint density at radius 1 is 0.685 bits per heavy atom. The van der Waals surface area contributed by atoms with Crippen LogP contribution in [0.1, 0.15) is 200 Å². The normalized spacial score (nSPS) is 21.4. The molecule has 54 heavy (non-hydrogen) atoms. The van der Waals surface area contributed by atoms with Crippen molar-refractivity contribution in [1.82, 2.24) is 5.32 Å². The molecule has 1 aliphatic rings. The largest absolute Gasteiger partial charge is 0.481 e. The Bertz CT molecular complexity index is 918. The van der Waals surface area contributed by atoms with Crippen LogP contribution < -0.4 is 5.32 Å². The molecule has 318 valence electrons. The predicted octanol–water partition coefficient (Wildman–Crippen LogP) is 8.90. The van der Waals surface area contributed by atoms with Crippen LogP contribution >= 0.6 is 0 Å². The number of allylic oxidation sites excluding steroid dienone is 1. The zero-order valence-electron chi connectivity index (χ0n) is 34.5. The lowest BCUT2D eigenvalue weighted by molar-refractivity contribution is -0.292. The number of hydrogen-bond donors (Lipinski definition) is 6. The summed E-state index contributed by atoms with van der Waals surface area (Å²) in [4.78, 5) is 24.4. The maximum atomic E-state index is 13.0. The fraction of sp³-hybridized carbons (Fsp3) is 0.909. The van der Waals surface area contributed by atoms with Crippen LogP contribution in [0.25, 0.3) is 0 Å². The Balaban J connectivity index is 2.51. The van der Waals surface area contributed by atoms with E-state index in [9.17, 15) is 35.1 Å². The van der Waals surface area contributed by atoms with Gasteiger partial charge in [0.15, 0.2) is 6.29 Å². The minimum Gasteiger partial charge on any atom is -0.481 e. The molecule has 1 saturated heterocycles. The molecule has 0 saturated carbocycles. The number of unbranched alkanes of at least 4 members (excludes halogenated alkanes) is 25. The topological polar surface area (TPSA) is 166 Å². The number of amides is 1. The highest BCUT2D eigenvalue weighted by molar-refractivity contribution is 5.76. The van der Waals surface area contributed by atoms with Crippen LogP contribution in [0, 0.1) is 5.92 Å². The van der Waals surface area contributed by atoms with E-state index >= 15 is 0 Å². The van der Waals surface area contributed by atoms with Gasteiger partial charge in [0.2, 0.25) is 5.91 Å². The minimum atomic E-state index is -1.48. The van der Waals surface area contributed by atoms with Gasteiger partial charge in [-0.1, -0.05) is 180 Å². The number of rotatable bonds is 37. The van der Waals surface area contributed by atoms with Gasteiger partial charge in [0.1, 0.15) is 12.2 Å². The summed E-state index contributed by atoms with van der Waals surface area (Å²) in [5.74, 6) is -2.53. The molecule has 10 heteroatoms. The second-order valence-electron chi connectivity index (χ2n) is 15.9. The number of ether oxygens (including phenoxy) is 2. The number of carbonyl (C=O) groups excluding carboxylic acids is 1. The predicted molar refractivity (Wildman–Crippen MR) is 217 cm³/mol. The van der Waals surface area contributed by atoms with Gasteiger partial charge in [-0.05, 0) is 19.3 Å². The first kappa shape index (κ1) is 50.5. The Morgan fingerprint density at radius 3 is 1.57 bits per heavy atom. The Kier molecular flexibility index (Phi) is 32.4. The molecule has 0 bridgehead atoms. The summed E-state index contributed by atoms with van der Waals surface area (Å²) in [5.41, 5.74) is 0. The van der Waals surface area contributed by atoms with Crippen molar-refractivity contribution in [1.29, 1.82) is 0 Å². The van der Waals surface area contributed by atoms with Crippen molar-refractivity contribution in [2.24, 2.45) is 5.92 Å². The number of hydrogen-bond acceptors (Lipinski definition) is 8. The highest BCUT2D eigenvalue weighted by atomic mass is 16.7. The molecule has 10 nitrogen and oxygen atoms in total. The average Bonchev–Trinajstić information content (AvgIpc) is 3.15. The Labute approximate surface area is 329 Å². The number of carboxylic acids is 1. The van der Waals surface area contributed by atoms with Crippen LogP contribution in [0.3, 0.4) is 0 Å². The molecule has 0 aliphatic carbocycles. The molecule has 2 unspecified atom stereocenters. The number of carbonyl (C=O) groups is 2. The maximum Gasteiger partial charge on any atom is 0.303 e. The molecule has 1 amide bonds. The highest BCUT2D eigenvalue weighted by Crippen LogP contribution is 2.29. The molecule has 0 radical (unpaired) electrons. The summed E-state index contributed by atoms with van der Waals surface area (Å²) in [6, 6.07) is -0.837. The number of nitrogens with one attached hydrogen (secondary N) is 1. The first-order chi connectivity index (χ1) is 26.2. The van der Waals surface area contributed by atoms with Gasteiger partial charge in [-0.15, -0.1) is 0 Å². The van der Waals surface area contributed by atoms with Crippen LogP contribution in [0.5, 0.6) is 0 Å². The maximum absolute atomic E-state index is 13.0. The van der Waals surface area contributed by atoms with Gasteiger partial charge in [-0.2, -0.15) is 0 Å². The van der Waals surface area contributed by atoms with Crippen molar-refractivity contribution in [3.63, 3.8) is 0 Å². The average molecular weight is 770 g/mol. The van der Waals surface area contributed by atoms with Crippen molar-refractivity contribution in [2.45, 2.75) is 237 Å². The lowest BCUT2D eigenvalue weighted by Crippen LogP contribution is -2.57. The van der Waals surface area contributed by atoms with Gasteiger partial charge in [-0.25, -0.2) is 0 Å². The number of aliphatic hydroxyl groups excluding tert-OH is 4. The van der Waals surface area contributed by atoms with Crippen LogP contribution in [0.2, 0.25) is 0 Å². The molecular formula is C44H83NO9. The molecule has 7 atom stereocenters. The first-order valence-electron chi connectivity index (χ1n) is 22.3. The van der Waals surface area contributed by atoms with E-state index in [-0.39, 0.29) is 12.5 Å². The second kappa shape index (κ2) is 34.7. The fourth-order valence-electron chi connectivity index (χ4n) is 7.40. The Hall–Kier alpha value is -1.56. The molecule has 0 aromatic heterocycles. The number of carboxylic acid groups (broad SMARTS) is 1. The van der Waals surface area contributed by atoms with Crippen molar-refractivity contribution in [3.8, 4) is 0 Å². The summed E-state index contributed by atoms with van der Waals surface area (Å²) in [7, 11) is 0. The molecule has 1 heterocycles. The third kappa shape index (κ3) is 25.6. The molecule has 0 aromatic rings. The van der Waals surface area contributed by atoms with Crippen molar-refractivity contribution >= 4 is 11.9 Å². The molecular weight excluding hydrogens is 686 g/mol. The molecule has 0 aromatic carbocycles. The lowest BCUT2D eigenvalue weighted by Gasteiger charge is -2.42. The Morgan fingerprint density at radius 2 is 1.13 bits per heavy atom. The zero-order valence-corrected chi connectivity index (χ0v) is 34.5. The number of aliphatic hydroxyl groups is 4. The molecule has 1 rings (SSSR count). The summed E-state index contributed by atoms with van der Waals surface area (Å²) in [6.45, 7) is 3.69. The van der Waals surface area contributed by atoms with E-state index < -0.39 is 61.7 Å². The van der Waals surface area contributed by atoms with E-state index in [0.717, 1.165) is 38.5 Å². The van der Waals surface area contributed by atoms with E-state index in [1.54, 1.807) is 6.08 Å². The van der Waals surface area contributed by atoms with Crippen LogP contribution in [-0.4, -0.2) is 87.4 Å². The van der Waals surface area contributed by atoms with Gasteiger partial charge in [0.05, 0.1) is 37.9 Å². The smallest absolute Gasteiger partial charge is 0.303 e. The van der Waals surface area contributed by atoms with E-state index in [4.69, 9.17) is 9.47 Å².